The molecule has 0 spiro atoms. The van der Waals surface area contributed by atoms with Gasteiger partial charge in [-0.3, -0.25) is 9.89 Å². The number of carbonyl (C=O) groups is 1. The number of carbonyl (C=O) groups excluding carboxylic acids is 1. The van der Waals surface area contributed by atoms with E-state index in [-0.39, 0.29) is 5.91 Å². The summed E-state index contributed by atoms with van der Waals surface area (Å²) in [6, 6.07) is 1.87. The van der Waals surface area contributed by atoms with Gasteiger partial charge >= 0.3 is 0 Å². The van der Waals surface area contributed by atoms with Crippen LogP contribution in [0.25, 0.3) is 0 Å². The van der Waals surface area contributed by atoms with Crippen molar-refractivity contribution >= 4 is 5.91 Å². The first kappa shape index (κ1) is 10.2. The minimum Gasteiger partial charge on any atom is -0.351 e. The maximum absolute atomic E-state index is 11.6. The van der Waals surface area contributed by atoms with Crippen LogP contribution >= 0.6 is 0 Å². The average Bonchev–Trinajstić information content (AvgIpc) is 2.97. The van der Waals surface area contributed by atoms with Crippen molar-refractivity contribution in [3.05, 3.63) is 17.5 Å². The molecule has 2 rings (SSSR count). The molecule has 1 aliphatic rings. The fourth-order valence-electron chi connectivity index (χ4n) is 1.53. The first-order chi connectivity index (χ1) is 7.31. The van der Waals surface area contributed by atoms with Crippen LogP contribution in [-0.4, -0.2) is 22.6 Å². The molecular formula is C11H17N3O. The van der Waals surface area contributed by atoms with E-state index in [1.807, 2.05) is 6.07 Å². The van der Waals surface area contributed by atoms with E-state index in [0.717, 1.165) is 25.1 Å². The Bertz CT molecular complexity index is 341. The number of hydrogen-bond donors (Lipinski definition) is 2. The van der Waals surface area contributed by atoms with Crippen LogP contribution in [0.4, 0.5) is 0 Å². The summed E-state index contributed by atoms with van der Waals surface area (Å²) >= 11 is 0. The van der Waals surface area contributed by atoms with E-state index in [2.05, 4.69) is 22.4 Å². The van der Waals surface area contributed by atoms with Crippen molar-refractivity contribution in [2.45, 2.75) is 38.5 Å². The van der Waals surface area contributed by atoms with Crippen LogP contribution in [0.1, 0.15) is 54.7 Å². The molecule has 1 amide bonds. The SMILES string of the molecule is CCCCNC(=O)c1cc(C2CC2)[nH]n1. The number of aromatic amines is 1. The molecule has 0 atom stereocenters. The lowest BCUT2D eigenvalue weighted by Gasteiger charge is -1.99. The van der Waals surface area contributed by atoms with Gasteiger partial charge in [-0.25, -0.2) is 0 Å². The minimum atomic E-state index is -0.0633. The Morgan fingerprint density at radius 1 is 1.67 bits per heavy atom. The summed E-state index contributed by atoms with van der Waals surface area (Å²) in [6.07, 6.45) is 4.55. The molecule has 0 saturated heterocycles. The standard InChI is InChI=1S/C11H17N3O/c1-2-3-6-12-11(15)10-7-9(13-14-10)8-4-5-8/h7-8H,2-6H2,1H3,(H,12,15)(H,13,14). The monoisotopic (exact) mass is 207 g/mol. The number of amides is 1. The number of nitrogens with zero attached hydrogens (tertiary/aromatic N) is 1. The van der Waals surface area contributed by atoms with Crippen molar-refractivity contribution in [3.8, 4) is 0 Å². The highest BCUT2D eigenvalue weighted by Crippen LogP contribution is 2.38. The zero-order valence-electron chi connectivity index (χ0n) is 9.05. The Morgan fingerprint density at radius 3 is 3.13 bits per heavy atom. The maximum atomic E-state index is 11.6. The molecule has 1 saturated carbocycles. The van der Waals surface area contributed by atoms with Gasteiger partial charge < -0.3 is 5.32 Å². The van der Waals surface area contributed by atoms with E-state index >= 15 is 0 Å². The molecular weight excluding hydrogens is 190 g/mol. The summed E-state index contributed by atoms with van der Waals surface area (Å²) in [6.45, 7) is 2.84. The third-order valence-corrected chi connectivity index (χ3v) is 2.66. The molecule has 1 aromatic rings. The Morgan fingerprint density at radius 2 is 2.47 bits per heavy atom. The van der Waals surface area contributed by atoms with Crippen molar-refractivity contribution in [2.75, 3.05) is 6.54 Å². The number of rotatable bonds is 5. The molecule has 0 bridgehead atoms. The molecule has 1 fully saturated rings. The normalized spacial score (nSPS) is 15.3. The van der Waals surface area contributed by atoms with Gasteiger partial charge in [0.15, 0.2) is 0 Å². The van der Waals surface area contributed by atoms with Crippen molar-refractivity contribution in [1.29, 1.82) is 0 Å². The average molecular weight is 207 g/mol. The predicted octanol–water partition coefficient (Wildman–Crippen LogP) is 1.82. The molecule has 82 valence electrons. The van der Waals surface area contributed by atoms with Crippen LogP contribution in [0.2, 0.25) is 0 Å². The number of unbranched alkanes of at least 4 members (excludes halogenated alkanes) is 1. The van der Waals surface area contributed by atoms with Crippen LogP contribution in [-0.2, 0) is 0 Å². The first-order valence-corrected chi connectivity index (χ1v) is 5.64. The third kappa shape index (κ3) is 2.58. The highest BCUT2D eigenvalue weighted by Gasteiger charge is 2.26. The molecule has 1 heterocycles. The molecule has 0 aliphatic heterocycles. The van der Waals surface area contributed by atoms with Gasteiger partial charge in [-0.15, -0.1) is 0 Å². The highest BCUT2D eigenvalue weighted by molar-refractivity contribution is 5.92. The largest absolute Gasteiger partial charge is 0.351 e. The molecule has 2 N–H and O–H groups in total. The minimum absolute atomic E-state index is 0.0633. The van der Waals surface area contributed by atoms with Gasteiger partial charge in [-0.05, 0) is 25.3 Å². The van der Waals surface area contributed by atoms with Gasteiger partial charge in [0.2, 0.25) is 0 Å². The third-order valence-electron chi connectivity index (χ3n) is 2.66. The summed E-state index contributed by atoms with van der Waals surface area (Å²) in [7, 11) is 0. The van der Waals surface area contributed by atoms with Gasteiger partial charge in [0.1, 0.15) is 5.69 Å². The van der Waals surface area contributed by atoms with E-state index in [0.29, 0.717) is 11.6 Å². The fraction of sp³-hybridized carbons (Fsp3) is 0.636. The van der Waals surface area contributed by atoms with Crippen LogP contribution in [0.3, 0.4) is 0 Å². The molecule has 1 aromatic heterocycles. The van der Waals surface area contributed by atoms with Crippen LogP contribution in [0.15, 0.2) is 6.07 Å². The summed E-state index contributed by atoms with van der Waals surface area (Å²) in [4.78, 5) is 11.6. The summed E-state index contributed by atoms with van der Waals surface area (Å²) in [5.41, 5.74) is 1.63. The number of hydrogen-bond acceptors (Lipinski definition) is 2. The van der Waals surface area contributed by atoms with Crippen molar-refractivity contribution in [3.63, 3.8) is 0 Å². The van der Waals surface area contributed by atoms with Gasteiger partial charge in [-0.1, -0.05) is 13.3 Å². The molecule has 0 unspecified atom stereocenters. The lowest BCUT2D eigenvalue weighted by atomic mass is 10.2. The first-order valence-electron chi connectivity index (χ1n) is 5.64. The van der Waals surface area contributed by atoms with Crippen LogP contribution in [0, 0.1) is 0 Å². The Kier molecular flexibility index (Phi) is 3.04. The second kappa shape index (κ2) is 4.47. The Balaban J connectivity index is 1.87. The summed E-state index contributed by atoms with van der Waals surface area (Å²) in [5.74, 6) is 0.557. The van der Waals surface area contributed by atoms with Gasteiger partial charge in [0.25, 0.3) is 5.91 Å². The van der Waals surface area contributed by atoms with E-state index in [4.69, 9.17) is 0 Å². The quantitative estimate of drug-likeness (QED) is 0.723. The number of aromatic nitrogens is 2. The molecule has 4 heteroatoms. The van der Waals surface area contributed by atoms with E-state index in [1.54, 1.807) is 0 Å². The lowest BCUT2D eigenvalue weighted by molar-refractivity contribution is 0.0948. The van der Waals surface area contributed by atoms with Gasteiger partial charge in [0.05, 0.1) is 0 Å². The highest BCUT2D eigenvalue weighted by atomic mass is 16.1. The number of H-pyrrole nitrogens is 1. The molecule has 15 heavy (non-hydrogen) atoms. The maximum Gasteiger partial charge on any atom is 0.271 e. The number of nitrogens with one attached hydrogen (secondary N) is 2. The smallest absolute Gasteiger partial charge is 0.271 e. The Hall–Kier alpha value is -1.32. The summed E-state index contributed by atoms with van der Waals surface area (Å²) < 4.78 is 0. The van der Waals surface area contributed by atoms with E-state index < -0.39 is 0 Å². The predicted molar refractivity (Wildman–Crippen MR) is 57.8 cm³/mol. The lowest BCUT2D eigenvalue weighted by Crippen LogP contribution is -2.24. The zero-order valence-corrected chi connectivity index (χ0v) is 9.05. The van der Waals surface area contributed by atoms with Crippen LogP contribution < -0.4 is 5.32 Å². The zero-order chi connectivity index (χ0) is 10.7. The second-order valence-corrected chi connectivity index (χ2v) is 4.09. The topological polar surface area (TPSA) is 57.8 Å². The Labute approximate surface area is 89.5 Å². The van der Waals surface area contributed by atoms with Crippen molar-refractivity contribution in [2.24, 2.45) is 0 Å². The van der Waals surface area contributed by atoms with Crippen molar-refractivity contribution < 1.29 is 4.79 Å². The van der Waals surface area contributed by atoms with Gasteiger partial charge in [-0.2, -0.15) is 5.10 Å². The van der Waals surface area contributed by atoms with Gasteiger partial charge in [0, 0.05) is 18.2 Å². The van der Waals surface area contributed by atoms with E-state index in [1.165, 1.54) is 12.8 Å². The molecule has 0 radical (unpaired) electrons. The molecule has 4 nitrogen and oxygen atoms in total. The van der Waals surface area contributed by atoms with Crippen molar-refractivity contribution in [1.82, 2.24) is 15.5 Å². The molecule has 1 aliphatic carbocycles. The van der Waals surface area contributed by atoms with Crippen LogP contribution in [0.5, 0.6) is 0 Å². The molecule has 0 aromatic carbocycles. The second-order valence-electron chi connectivity index (χ2n) is 4.09. The summed E-state index contributed by atoms with van der Waals surface area (Å²) in [5, 5.41) is 9.80. The fourth-order valence-corrected chi connectivity index (χ4v) is 1.53. The van der Waals surface area contributed by atoms with E-state index in [9.17, 15) is 4.79 Å².